The Morgan fingerprint density at radius 1 is 1.47 bits per heavy atom. The number of nitrogens with one attached hydrogen (secondary N) is 1. The molecule has 0 aliphatic carbocycles. The molecule has 90 valence electrons. The fourth-order valence-corrected chi connectivity index (χ4v) is 3.82. The van der Waals surface area contributed by atoms with Crippen molar-refractivity contribution >= 4 is 21.6 Å². The minimum absolute atomic E-state index is 0.240. The Kier molecular flexibility index (Phi) is 4.50. The maximum Gasteiger partial charge on any atom is 0.148 e. The molecule has 0 bridgehead atoms. The van der Waals surface area contributed by atoms with Crippen molar-refractivity contribution < 1.29 is 8.42 Å². The zero-order valence-corrected chi connectivity index (χ0v) is 11.4. The standard InChI is InChI=1S/C10H21NO2S2/c1-10(2)4-6-14-8-9(10)11-5-7-15(3,12)13/h9,11H,4-8H2,1-3H3. The summed E-state index contributed by atoms with van der Waals surface area (Å²) in [5, 5.41) is 3.37. The van der Waals surface area contributed by atoms with Crippen molar-refractivity contribution in [2.24, 2.45) is 5.41 Å². The number of hydrogen-bond donors (Lipinski definition) is 1. The zero-order valence-electron chi connectivity index (χ0n) is 9.75. The van der Waals surface area contributed by atoms with E-state index in [2.05, 4.69) is 19.2 Å². The third kappa shape index (κ3) is 4.74. The molecule has 0 saturated carbocycles. The first-order chi connectivity index (χ1) is 6.81. The second-order valence-electron chi connectivity index (χ2n) is 4.95. The van der Waals surface area contributed by atoms with Gasteiger partial charge in [-0.25, -0.2) is 8.42 Å². The van der Waals surface area contributed by atoms with Gasteiger partial charge in [0.05, 0.1) is 5.75 Å². The van der Waals surface area contributed by atoms with E-state index in [0.717, 1.165) is 5.75 Å². The number of hydrogen-bond acceptors (Lipinski definition) is 4. The molecule has 0 radical (unpaired) electrons. The van der Waals surface area contributed by atoms with Gasteiger partial charge in [-0.2, -0.15) is 11.8 Å². The largest absolute Gasteiger partial charge is 0.312 e. The highest BCUT2D eigenvalue weighted by molar-refractivity contribution is 7.99. The van der Waals surface area contributed by atoms with Crippen LogP contribution < -0.4 is 5.32 Å². The van der Waals surface area contributed by atoms with Gasteiger partial charge in [0.15, 0.2) is 0 Å². The minimum atomic E-state index is -2.83. The Balaban J connectivity index is 2.37. The van der Waals surface area contributed by atoms with E-state index in [1.54, 1.807) is 0 Å². The molecule has 1 rings (SSSR count). The first kappa shape index (κ1) is 13.3. The summed E-state index contributed by atoms with van der Waals surface area (Å²) in [6, 6.07) is 0.443. The second kappa shape index (κ2) is 5.06. The third-order valence-corrected chi connectivity index (χ3v) is 4.99. The third-order valence-electron chi connectivity index (χ3n) is 2.98. The average molecular weight is 251 g/mol. The maximum absolute atomic E-state index is 11.0. The van der Waals surface area contributed by atoms with E-state index in [9.17, 15) is 8.42 Å². The van der Waals surface area contributed by atoms with E-state index in [0.29, 0.717) is 18.0 Å². The summed E-state index contributed by atoms with van der Waals surface area (Å²) in [5.41, 5.74) is 0.294. The van der Waals surface area contributed by atoms with E-state index in [-0.39, 0.29) is 5.75 Å². The van der Waals surface area contributed by atoms with Crippen molar-refractivity contribution in [2.75, 3.05) is 30.1 Å². The van der Waals surface area contributed by atoms with E-state index >= 15 is 0 Å². The minimum Gasteiger partial charge on any atom is -0.312 e. The van der Waals surface area contributed by atoms with Crippen LogP contribution in [0.1, 0.15) is 20.3 Å². The number of rotatable bonds is 4. The summed E-state index contributed by atoms with van der Waals surface area (Å²) in [6.07, 6.45) is 2.49. The monoisotopic (exact) mass is 251 g/mol. The molecule has 3 nitrogen and oxygen atoms in total. The molecule has 1 N–H and O–H groups in total. The molecule has 1 heterocycles. The summed E-state index contributed by atoms with van der Waals surface area (Å²) < 4.78 is 22.0. The van der Waals surface area contributed by atoms with Crippen molar-refractivity contribution in [3.05, 3.63) is 0 Å². The molecule has 0 aromatic rings. The van der Waals surface area contributed by atoms with Crippen molar-refractivity contribution in [3.63, 3.8) is 0 Å². The van der Waals surface area contributed by atoms with Gasteiger partial charge in [-0.1, -0.05) is 13.8 Å². The van der Waals surface area contributed by atoms with Crippen molar-refractivity contribution in [1.82, 2.24) is 5.32 Å². The molecule has 0 spiro atoms. The van der Waals surface area contributed by atoms with Crippen LogP contribution in [0.3, 0.4) is 0 Å². The second-order valence-corrected chi connectivity index (χ2v) is 8.36. The summed E-state index contributed by atoms with van der Waals surface area (Å²) >= 11 is 1.95. The zero-order chi connectivity index (χ0) is 11.5. The van der Waals surface area contributed by atoms with E-state index in [4.69, 9.17) is 0 Å². The van der Waals surface area contributed by atoms with Crippen LogP contribution in [-0.2, 0) is 9.84 Å². The fourth-order valence-electron chi connectivity index (χ4n) is 1.69. The Labute approximate surface area is 97.3 Å². The smallest absolute Gasteiger partial charge is 0.148 e. The summed E-state index contributed by atoms with van der Waals surface area (Å²) in [5.74, 6) is 2.55. The average Bonchev–Trinajstić information content (AvgIpc) is 2.05. The lowest BCUT2D eigenvalue weighted by molar-refractivity contribution is 0.249. The van der Waals surface area contributed by atoms with Gasteiger partial charge < -0.3 is 5.32 Å². The van der Waals surface area contributed by atoms with Crippen LogP contribution in [-0.4, -0.2) is 44.5 Å². The molecule has 0 amide bonds. The highest BCUT2D eigenvalue weighted by Gasteiger charge is 2.31. The van der Waals surface area contributed by atoms with Gasteiger partial charge in [-0.05, 0) is 17.6 Å². The van der Waals surface area contributed by atoms with E-state index < -0.39 is 9.84 Å². The predicted molar refractivity (Wildman–Crippen MR) is 67.2 cm³/mol. The van der Waals surface area contributed by atoms with Crippen LogP contribution in [0, 0.1) is 5.41 Å². The van der Waals surface area contributed by atoms with E-state index in [1.807, 2.05) is 11.8 Å². The van der Waals surface area contributed by atoms with Crippen LogP contribution in [0.5, 0.6) is 0 Å². The van der Waals surface area contributed by atoms with Crippen LogP contribution >= 0.6 is 11.8 Å². The van der Waals surface area contributed by atoms with Gasteiger partial charge in [0, 0.05) is 24.6 Å². The molecular formula is C10H21NO2S2. The molecule has 1 aliphatic rings. The SMILES string of the molecule is CC1(C)CCSCC1NCCS(C)(=O)=O. The highest BCUT2D eigenvalue weighted by Crippen LogP contribution is 2.33. The molecule has 0 aromatic carbocycles. The molecular weight excluding hydrogens is 230 g/mol. The molecule has 1 fully saturated rings. The Hall–Kier alpha value is 0.260. The predicted octanol–water partition coefficient (Wildman–Crippen LogP) is 1.15. The summed E-state index contributed by atoms with van der Waals surface area (Å²) in [7, 11) is -2.83. The molecule has 1 atom stereocenters. The van der Waals surface area contributed by atoms with E-state index in [1.165, 1.54) is 18.4 Å². The van der Waals surface area contributed by atoms with Gasteiger partial charge in [0.2, 0.25) is 0 Å². The highest BCUT2D eigenvalue weighted by atomic mass is 32.2. The van der Waals surface area contributed by atoms with Crippen molar-refractivity contribution in [2.45, 2.75) is 26.3 Å². The maximum atomic E-state index is 11.0. The fraction of sp³-hybridized carbons (Fsp3) is 1.00. The topological polar surface area (TPSA) is 46.2 Å². The molecule has 15 heavy (non-hydrogen) atoms. The van der Waals surface area contributed by atoms with Crippen LogP contribution in [0.25, 0.3) is 0 Å². The van der Waals surface area contributed by atoms with Gasteiger partial charge in [-0.15, -0.1) is 0 Å². The van der Waals surface area contributed by atoms with Gasteiger partial charge >= 0.3 is 0 Å². The van der Waals surface area contributed by atoms with Crippen LogP contribution in [0.4, 0.5) is 0 Å². The number of thioether (sulfide) groups is 1. The van der Waals surface area contributed by atoms with Gasteiger partial charge in [0.25, 0.3) is 0 Å². The molecule has 1 aliphatic heterocycles. The molecule has 0 aromatic heterocycles. The first-order valence-corrected chi connectivity index (χ1v) is 8.52. The van der Waals surface area contributed by atoms with Gasteiger partial charge in [0.1, 0.15) is 9.84 Å². The lowest BCUT2D eigenvalue weighted by atomic mass is 9.82. The van der Waals surface area contributed by atoms with Gasteiger partial charge in [-0.3, -0.25) is 0 Å². The summed E-state index contributed by atoms with van der Waals surface area (Å²) in [6.45, 7) is 5.09. The van der Waals surface area contributed by atoms with Crippen molar-refractivity contribution in [1.29, 1.82) is 0 Å². The Morgan fingerprint density at radius 3 is 2.67 bits per heavy atom. The normalized spacial score (nSPS) is 26.5. The Morgan fingerprint density at radius 2 is 2.13 bits per heavy atom. The lowest BCUT2D eigenvalue weighted by Crippen LogP contribution is -2.47. The first-order valence-electron chi connectivity index (χ1n) is 5.30. The Bertz CT molecular complexity index is 299. The van der Waals surface area contributed by atoms with Crippen molar-refractivity contribution in [3.8, 4) is 0 Å². The molecule has 1 saturated heterocycles. The van der Waals surface area contributed by atoms with Crippen LogP contribution in [0.2, 0.25) is 0 Å². The summed E-state index contributed by atoms with van der Waals surface area (Å²) in [4.78, 5) is 0. The molecule has 5 heteroatoms. The quantitative estimate of drug-likeness (QED) is 0.814. The number of sulfone groups is 1. The lowest BCUT2D eigenvalue weighted by Gasteiger charge is -2.38. The molecule has 1 unspecified atom stereocenters. The van der Waals surface area contributed by atoms with Crippen LogP contribution in [0.15, 0.2) is 0 Å².